The molecule has 0 amide bonds. The number of aliphatic hydroxyl groups is 1. The van der Waals surface area contributed by atoms with Crippen molar-refractivity contribution in [3.63, 3.8) is 0 Å². The molecule has 2 heterocycles. The van der Waals surface area contributed by atoms with Gasteiger partial charge in [-0.05, 0) is 32.1 Å². The van der Waals surface area contributed by atoms with E-state index in [2.05, 4.69) is 20.8 Å². The molecule has 1 N–H and O–H groups in total. The Morgan fingerprint density at radius 2 is 1.57 bits per heavy atom. The Labute approximate surface area is 129 Å². The first-order valence-corrected chi connectivity index (χ1v) is 8.47. The van der Waals surface area contributed by atoms with Crippen LogP contribution in [-0.4, -0.2) is 50.3 Å². The third kappa shape index (κ3) is 3.98. The molecule has 0 aromatic heterocycles. The average Bonchev–Trinajstić information content (AvgIpc) is 2.41. The Morgan fingerprint density at radius 1 is 1.00 bits per heavy atom. The molecule has 1 atom stereocenters. The van der Waals surface area contributed by atoms with E-state index in [0.717, 1.165) is 58.7 Å². The standard InChI is InChI=1S/C17H32O4/c1-4-15(10-20-11-15)9-17(18,6-3)7-8-19-12-16(5-2)13-21-14-16/h18H,4-14H2,1-3H3. The first-order valence-electron chi connectivity index (χ1n) is 8.47. The third-order valence-corrected chi connectivity index (χ3v) is 5.62. The summed E-state index contributed by atoms with van der Waals surface area (Å²) in [4.78, 5) is 0. The maximum absolute atomic E-state index is 10.8. The normalized spacial score (nSPS) is 25.7. The summed E-state index contributed by atoms with van der Waals surface area (Å²) in [6.45, 7) is 11.1. The van der Waals surface area contributed by atoms with Gasteiger partial charge in [-0.25, -0.2) is 0 Å². The second kappa shape index (κ2) is 6.95. The van der Waals surface area contributed by atoms with E-state index in [-0.39, 0.29) is 10.8 Å². The summed E-state index contributed by atoms with van der Waals surface area (Å²) in [7, 11) is 0. The van der Waals surface area contributed by atoms with Gasteiger partial charge in [0.25, 0.3) is 0 Å². The zero-order valence-corrected chi connectivity index (χ0v) is 14.0. The maximum Gasteiger partial charge on any atom is 0.0674 e. The molecule has 21 heavy (non-hydrogen) atoms. The van der Waals surface area contributed by atoms with Crippen molar-refractivity contribution >= 4 is 0 Å². The molecule has 1 unspecified atom stereocenters. The predicted octanol–water partition coefficient (Wildman–Crippen LogP) is 2.78. The van der Waals surface area contributed by atoms with Crippen LogP contribution in [0.3, 0.4) is 0 Å². The fraction of sp³-hybridized carbons (Fsp3) is 1.00. The zero-order chi connectivity index (χ0) is 15.4. The third-order valence-electron chi connectivity index (χ3n) is 5.62. The van der Waals surface area contributed by atoms with Crippen LogP contribution >= 0.6 is 0 Å². The van der Waals surface area contributed by atoms with Gasteiger partial charge in [0.15, 0.2) is 0 Å². The van der Waals surface area contributed by atoms with Gasteiger partial charge < -0.3 is 19.3 Å². The molecule has 0 radical (unpaired) electrons. The van der Waals surface area contributed by atoms with Gasteiger partial charge in [-0.1, -0.05) is 20.8 Å². The largest absolute Gasteiger partial charge is 0.390 e. The fourth-order valence-electron chi connectivity index (χ4n) is 3.24. The minimum Gasteiger partial charge on any atom is -0.390 e. The van der Waals surface area contributed by atoms with Crippen LogP contribution in [0.4, 0.5) is 0 Å². The van der Waals surface area contributed by atoms with Crippen molar-refractivity contribution in [2.45, 2.75) is 58.5 Å². The Bertz CT molecular complexity index is 312. The van der Waals surface area contributed by atoms with Crippen molar-refractivity contribution < 1.29 is 19.3 Å². The van der Waals surface area contributed by atoms with Gasteiger partial charge in [0.2, 0.25) is 0 Å². The van der Waals surface area contributed by atoms with Crippen LogP contribution in [0.25, 0.3) is 0 Å². The van der Waals surface area contributed by atoms with Crippen LogP contribution in [0, 0.1) is 10.8 Å². The van der Waals surface area contributed by atoms with Crippen molar-refractivity contribution in [3.05, 3.63) is 0 Å². The summed E-state index contributed by atoms with van der Waals surface area (Å²) in [5.41, 5.74) is -0.191. The molecule has 0 saturated carbocycles. The smallest absolute Gasteiger partial charge is 0.0674 e. The molecule has 2 aliphatic heterocycles. The molecule has 4 nitrogen and oxygen atoms in total. The van der Waals surface area contributed by atoms with E-state index in [1.165, 1.54) is 0 Å². The number of hydrogen-bond acceptors (Lipinski definition) is 4. The molecular weight excluding hydrogens is 268 g/mol. The summed E-state index contributed by atoms with van der Waals surface area (Å²) < 4.78 is 16.5. The van der Waals surface area contributed by atoms with E-state index in [1.54, 1.807) is 0 Å². The lowest BCUT2D eigenvalue weighted by Crippen LogP contribution is -2.49. The van der Waals surface area contributed by atoms with Crippen molar-refractivity contribution in [2.75, 3.05) is 39.6 Å². The number of hydrogen-bond donors (Lipinski definition) is 1. The van der Waals surface area contributed by atoms with E-state index in [9.17, 15) is 5.11 Å². The van der Waals surface area contributed by atoms with Gasteiger partial charge in [-0.2, -0.15) is 0 Å². The topological polar surface area (TPSA) is 47.9 Å². The number of rotatable bonds is 10. The number of ether oxygens (including phenoxy) is 3. The van der Waals surface area contributed by atoms with E-state index < -0.39 is 5.60 Å². The second-order valence-electron chi connectivity index (χ2n) is 7.25. The van der Waals surface area contributed by atoms with Crippen LogP contribution in [0.1, 0.15) is 52.9 Å². The molecule has 0 aromatic carbocycles. The van der Waals surface area contributed by atoms with Gasteiger partial charge in [0.1, 0.15) is 0 Å². The molecule has 2 rings (SSSR count). The van der Waals surface area contributed by atoms with Crippen LogP contribution < -0.4 is 0 Å². The lowest BCUT2D eigenvalue weighted by molar-refractivity contribution is -0.166. The van der Waals surface area contributed by atoms with E-state index >= 15 is 0 Å². The van der Waals surface area contributed by atoms with Crippen LogP contribution in [0.5, 0.6) is 0 Å². The Hall–Kier alpha value is -0.160. The van der Waals surface area contributed by atoms with Gasteiger partial charge in [0, 0.05) is 17.4 Å². The fourth-order valence-corrected chi connectivity index (χ4v) is 3.24. The molecule has 0 aliphatic carbocycles. The summed E-state index contributed by atoms with van der Waals surface area (Å²) in [5.74, 6) is 0. The van der Waals surface area contributed by atoms with Crippen molar-refractivity contribution in [1.82, 2.24) is 0 Å². The second-order valence-corrected chi connectivity index (χ2v) is 7.25. The Morgan fingerprint density at radius 3 is 1.95 bits per heavy atom. The van der Waals surface area contributed by atoms with Crippen LogP contribution in [-0.2, 0) is 14.2 Å². The lowest BCUT2D eigenvalue weighted by Gasteiger charge is -2.46. The van der Waals surface area contributed by atoms with E-state index in [4.69, 9.17) is 14.2 Å². The predicted molar refractivity (Wildman–Crippen MR) is 82.4 cm³/mol. The zero-order valence-electron chi connectivity index (χ0n) is 14.0. The van der Waals surface area contributed by atoms with Crippen molar-refractivity contribution in [3.8, 4) is 0 Å². The van der Waals surface area contributed by atoms with E-state index in [1.807, 2.05) is 0 Å². The van der Waals surface area contributed by atoms with Crippen LogP contribution in [0.15, 0.2) is 0 Å². The summed E-state index contributed by atoms with van der Waals surface area (Å²) in [6, 6.07) is 0. The highest BCUT2D eigenvalue weighted by atomic mass is 16.5. The highest BCUT2D eigenvalue weighted by molar-refractivity contribution is 4.93. The van der Waals surface area contributed by atoms with E-state index in [0.29, 0.717) is 13.0 Å². The first kappa shape index (κ1) is 17.2. The quantitative estimate of drug-likeness (QED) is 0.630. The highest BCUT2D eigenvalue weighted by Gasteiger charge is 2.43. The maximum atomic E-state index is 10.8. The molecule has 2 fully saturated rings. The molecule has 0 bridgehead atoms. The summed E-state index contributed by atoms with van der Waals surface area (Å²) >= 11 is 0. The van der Waals surface area contributed by atoms with Crippen molar-refractivity contribution in [1.29, 1.82) is 0 Å². The molecule has 2 aliphatic rings. The van der Waals surface area contributed by atoms with Crippen molar-refractivity contribution in [2.24, 2.45) is 10.8 Å². The van der Waals surface area contributed by atoms with Crippen LogP contribution in [0.2, 0.25) is 0 Å². The summed E-state index contributed by atoms with van der Waals surface area (Å²) in [5, 5.41) is 10.8. The lowest BCUT2D eigenvalue weighted by atomic mass is 9.72. The Kier molecular flexibility index (Phi) is 5.69. The molecule has 124 valence electrons. The van der Waals surface area contributed by atoms with Gasteiger partial charge in [-0.15, -0.1) is 0 Å². The molecule has 4 heteroatoms. The molecular formula is C17H32O4. The highest BCUT2D eigenvalue weighted by Crippen LogP contribution is 2.41. The monoisotopic (exact) mass is 300 g/mol. The van der Waals surface area contributed by atoms with Gasteiger partial charge in [-0.3, -0.25) is 0 Å². The minimum atomic E-state index is -0.616. The molecule has 0 aromatic rings. The summed E-state index contributed by atoms with van der Waals surface area (Å²) in [6.07, 6.45) is 4.50. The molecule has 0 spiro atoms. The minimum absolute atomic E-state index is 0.192. The van der Waals surface area contributed by atoms with Gasteiger partial charge >= 0.3 is 0 Å². The Balaban J connectivity index is 1.73. The SMILES string of the molecule is CCC(O)(CCOCC1(CC)COC1)CC1(CC)COC1. The molecule has 2 saturated heterocycles. The average molecular weight is 300 g/mol. The first-order chi connectivity index (χ1) is 10.0. The van der Waals surface area contributed by atoms with Gasteiger partial charge in [0.05, 0.1) is 38.6 Å².